The minimum atomic E-state index is -0.815. The van der Waals surface area contributed by atoms with E-state index in [4.69, 9.17) is 14.2 Å². The Kier molecular flexibility index (Phi) is 43.6. The van der Waals surface area contributed by atoms with Crippen LogP contribution in [0.15, 0.2) is 109 Å². The van der Waals surface area contributed by atoms with Crippen molar-refractivity contribution in [1.29, 1.82) is 0 Å². The van der Waals surface area contributed by atoms with Crippen molar-refractivity contribution in [3.63, 3.8) is 0 Å². The number of ether oxygens (including phenoxy) is 3. The molecule has 0 heterocycles. The highest BCUT2D eigenvalue weighted by atomic mass is 16.6. The van der Waals surface area contributed by atoms with Gasteiger partial charge in [0.05, 0.1) is 0 Å². The van der Waals surface area contributed by atoms with Gasteiger partial charge in [0.1, 0.15) is 13.2 Å². The summed E-state index contributed by atoms with van der Waals surface area (Å²) in [7, 11) is 0. The summed E-state index contributed by atoms with van der Waals surface area (Å²) < 4.78 is 16.7. The van der Waals surface area contributed by atoms with Crippen LogP contribution in [0.5, 0.6) is 0 Å². The number of rotatable bonds is 40. The molecular weight excluding hydrogens is 733 g/mol. The van der Waals surface area contributed by atoms with E-state index in [9.17, 15) is 14.4 Å². The molecule has 0 bridgehead atoms. The number of allylic oxidation sites excluding steroid dienone is 18. The molecule has 0 aliphatic carbocycles. The van der Waals surface area contributed by atoms with Gasteiger partial charge in [-0.3, -0.25) is 14.4 Å². The lowest BCUT2D eigenvalue weighted by molar-refractivity contribution is -0.167. The first-order chi connectivity index (χ1) is 29.0. The van der Waals surface area contributed by atoms with Gasteiger partial charge in [0.2, 0.25) is 0 Å². The molecule has 0 rings (SSSR count). The first-order valence-corrected chi connectivity index (χ1v) is 23.5. The minimum Gasteiger partial charge on any atom is -0.462 e. The Morgan fingerprint density at radius 1 is 0.356 bits per heavy atom. The van der Waals surface area contributed by atoms with Crippen LogP contribution < -0.4 is 0 Å². The molecule has 332 valence electrons. The molecule has 1 atom stereocenters. The van der Waals surface area contributed by atoms with Gasteiger partial charge in [-0.05, 0) is 57.8 Å². The summed E-state index contributed by atoms with van der Waals surface area (Å²) in [5.41, 5.74) is 0. The molecular formula is C53H84O6. The van der Waals surface area contributed by atoms with Crippen LogP contribution in [0, 0.1) is 0 Å². The second-order valence-corrected chi connectivity index (χ2v) is 15.1. The van der Waals surface area contributed by atoms with E-state index in [-0.39, 0.29) is 37.5 Å². The lowest BCUT2D eigenvalue weighted by Gasteiger charge is -2.18. The van der Waals surface area contributed by atoms with Gasteiger partial charge < -0.3 is 14.2 Å². The number of carbonyl (C=O) groups is 3. The summed E-state index contributed by atoms with van der Waals surface area (Å²) in [5, 5.41) is 0. The van der Waals surface area contributed by atoms with E-state index >= 15 is 0 Å². The summed E-state index contributed by atoms with van der Waals surface area (Å²) in [6.45, 7) is 6.26. The second kappa shape index (κ2) is 46.8. The maximum absolute atomic E-state index is 12.7. The summed E-state index contributed by atoms with van der Waals surface area (Å²) in [6.07, 6.45) is 62.1. The number of hydrogen-bond acceptors (Lipinski definition) is 6. The number of esters is 3. The standard InChI is InChI=1S/C53H84O6/c1-4-7-10-13-16-19-22-25-26-29-31-34-37-40-43-46-52(55)58-49-50(59-53(56)47-44-41-38-35-32-28-24-21-18-15-12-9-6-3)48-57-51(54)45-42-39-36-33-30-27-23-20-17-14-11-8-5-2/h7,9-10,12-13,15-16,18-19,21-22,24-26,28-29,31-32,50H,4-6,8,11,14,17,20,23,27,30,33-49H2,1-3H3/b10-7+,12-9+,16-13+,18-15+,22-19+,24-21+,26-25+,31-29+,32-28+. The third kappa shape index (κ3) is 45.0. The molecule has 0 aliphatic heterocycles. The van der Waals surface area contributed by atoms with E-state index in [0.29, 0.717) is 19.3 Å². The average Bonchev–Trinajstić information content (AvgIpc) is 3.23. The van der Waals surface area contributed by atoms with Gasteiger partial charge in [0, 0.05) is 19.3 Å². The lowest BCUT2D eigenvalue weighted by atomic mass is 10.0. The van der Waals surface area contributed by atoms with Gasteiger partial charge >= 0.3 is 17.9 Å². The highest BCUT2D eigenvalue weighted by Gasteiger charge is 2.19. The summed E-state index contributed by atoms with van der Waals surface area (Å²) in [4.78, 5) is 37.8. The van der Waals surface area contributed by atoms with E-state index in [2.05, 4.69) is 45.1 Å². The molecule has 1 unspecified atom stereocenters. The van der Waals surface area contributed by atoms with Crippen LogP contribution in [0.2, 0.25) is 0 Å². The average molecular weight is 817 g/mol. The zero-order valence-corrected chi connectivity index (χ0v) is 37.7. The Bertz CT molecular complexity index is 1260. The predicted molar refractivity (Wildman–Crippen MR) is 251 cm³/mol. The fourth-order valence-electron chi connectivity index (χ4n) is 6.00. The SMILES string of the molecule is CC/C=C/C=C/C=C/C=C/C=C/CCCCCC(=O)OCC(COC(=O)CCCCCCCCCCCCCCC)OC(=O)CCCCC/C=C/C=C/C=C/C=C/CC. The van der Waals surface area contributed by atoms with Crippen molar-refractivity contribution in [2.24, 2.45) is 0 Å². The van der Waals surface area contributed by atoms with Crippen LogP contribution >= 0.6 is 0 Å². The largest absolute Gasteiger partial charge is 0.462 e. The quantitative estimate of drug-likeness (QED) is 0.0265. The molecule has 6 heteroatoms. The Morgan fingerprint density at radius 3 is 1.03 bits per heavy atom. The molecule has 0 aliphatic rings. The third-order valence-corrected chi connectivity index (χ3v) is 9.50. The monoisotopic (exact) mass is 817 g/mol. The van der Waals surface area contributed by atoms with Crippen molar-refractivity contribution in [3.8, 4) is 0 Å². The second-order valence-electron chi connectivity index (χ2n) is 15.1. The van der Waals surface area contributed by atoms with Crippen LogP contribution in [-0.4, -0.2) is 37.2 Å². The molecule has 0 aromatic carbocycles. The summed E-state index contributed by atoms with van der Waals surface area (Å²) in [5.74, 6) is -1.00. The molecule has 0 aromatic heterocycles. The summed E-state index contributed by atoms with van der Waals surface area (Å²) >= 11 is 0. The van der Waals surface area contributed by atoms with Crippen LogP contribution in [0.25, 0.3) is 0 Å². The van der Waals surface area contributed by atoms with E-state index in [1.54, 1.807) is 0 Å². The lowest BCUT2D eigenvalue weighted by Crippen LogP contribution is -2.30. The first kappa shape index (κ1) is 55.1. The van der Waals surface area contributed by atoms with Crippen molar-refractivity contribution in [2.75, 3.05) is 13.2 Å². The zero-order chi connectivity index (χ0) is 43.0. The fraction of sp³-hybridized carbons (Fsp3) is 0.604. The summed E-state index contributed by atoms with van der Waals surface area (Å²) in [6, 6.07) is 0. The van der Waals surface area contributed by atoms with Gasteiger partial charge in [0.15, 0.2) is 6.10 Å². The fourth-order valence-corrected chi connectivity index (χ4v) is 6.00. The Morgan fingerprint density at radius 2 is 0.661 bits per heavy atom. The van der Waals surface area contributed by atoms with Crippen molar-refractivity contribution >= 4 is 17.9 Å². The number of hydrogen-bond donors (Lipinski definition) is 0. The van der Waals surface area contributed by atoms with Crippen molar-refractivity contribution < 1.29 is 28.6 Å². The van der Waals surface area contributed by atoms with E-state index in [1.807, 2.05) is 85.1 Å². The normalized spacial score (nSPS) is 13.1. The van der Waals surface area contributed by atoms with Gasteiger partial charge in [-0.1, -0.05) is 220 Å². The predicted octanol–water partition coefficient (Wildman–Crippen LogP) is 15.2. The molecule has 0 fully saturated rings. The van der Waals surface area contributed by atoms with Crippen LogP contribution in [0.4, 0.5) is 0 Å². The van der Waals surface area contributed by atoms with Crippen molar-refractivity contribution in [3.05, 3.63) is 109 Å². The molecule has 0 N–H and O–H groups in total. The van der Waals surface area contributed by atoms with E-state index < -0.39 is 6.10 Å². The minimum absolute atomic E-state index is 0.109. The maximum atomic E-state index is 12.7. The van der Waals surface area contributed by atoms with Crippen molar-refractivity contribution in [2.45, 2.75) is 194 Å². The van der Waals surface area contributed by atoms with Crippen LogP contribution in [-0.2, 0) is 28.6 Å². The Hall–Kier alpha value is -3.93. The van der Waals surface area contributed by atoms with Crippen molar-refractivity contribution in [1.82, 2.24) is 0 Å². The Labute approximate surface area is 361 Å². The third-order valence-electron chi connectivity index (χ3n) is 9.50. The zero-order valence-electron chi connectivity index (χ0n) is 37.7. The molecule has 0 amide bonds. The molecule has 0 spiro atoms. The maximum Gasteiger partial charge on any atom is 0.306 e. The smallest absolute Gasteiger partial charge is 0.306 e. The van der Waals surface area contributed by atoms with Gasteiger partial charge in [0.25, 0.3) is 0 Å². The molecule has 0 saturated heterocycles. The van der Waals surface area contributed by atoms with Gasteiger partial charge in [-0.15, -0.1) is 0 Å². The van der Waals surface area contributed by atoms with Gasteiger partial charge in [-0.2, -0.15) is 0 Å². The van der Waals surface area contributed by atoms with Crippen LogP contribution in [0.3, 0.4) is 0 Å². The molecule has 0 saturated carbocycles. The van der Waals surface area contributed by atoms with Gasteiger partial charge in [-0.25, -0.2) is 0 Å². The Balaban J connectivity index is 4.55. The topological polar surface area (TPSA) is 78.9 Å². The molecule has 59 heavy (non-hydrogen) atoms. The van der Waals surface area contributed by atoms with E-state index in [0.717, 1.165) is 77.0 Å². The molecule has 0 radical (unpaired) electrons. The highest BCUT2D eigenvalue weighted by molar-refractivity contribution is 5.71. The number of unbranched alkanes of at least 4 members (excludes halogenated alkanes) is 18. The number of carbonyl (C=O) groups excluding carboxylic acids is 3. The molecule has 0 aromatic rings. The molecule has 6 nitrogen and oxygen atoms in total. The van der Waals surface area contributed by atoms with E-state index in [1.165, 1.54) is 64.2 Å². The highest BCUT2D eigenvalue weighted by Crippen LogP contribution is 2.14. The first-order valence-electron chi connectivity index (χ1n) is 23.5. The van der Waals surface area contributed by atoms with Crippen LogP contribution in [0.1, 0.15) is 188 Å².